The van der Waals surface area contributed by atoms with Gasteiger partial charge >= 0.3 is 0 Å². The summed E-state index contributed by atoms with van der Waals surface area (Å²) in [5, 5.41) is -0.200. The van der Waals surface area contributed by atoms with Crippen molar-refractivity contribution in [3.63, 3.8) is 0 Å². The van der Waals surface area contributed by atoms with Crippen LogP contribution in [0.3, 0.4) is 0 Å². The minimum Gasteiger partial charge on any atom is -0.281 e. The quantitative estimate of drug-likeness (QED) is 0.201. The van der Waals surface area contributed by atoms with Gasteiger partial charge in [-0.2, -0.15) is 0 Å². The van der Waals surface area contributed by atoms with E-state index in [1.807, 2.05) is 0 Å². The third-order valence-electron chi connectivity index (χ3n) is 3.35. The van der Waals surface area contributed by atoms with Crippen LogP contribution < -0.4 is 0 Å². The molecule has 0 aromatic carbocycles. The third-order valence-corrected chi connectivity index (χ3v) is 3.54. The summed E-state index contributed by atoms with van der Waals surface area (Å²) in [6.45, 7) is 2.25. The van der Waals surface area contributed by atoms with Gasteiger partial charge in [-0.25, -0.2) is 0 Å². The van der Waals surface area contributed by atoms with Crippen molar-refractivity contribution in [2.75, 3.05) is 0 Å². The Morgan fingerprint density at radius 3 is 1.85 bits per heavy atom. The standard InChI is InChI=1S/C18H31ClO/c1-2-3-4-5-6-7-8-9-10-11-12-13-14-15-16-17-18(19)20/h7-10H,2-6,11-17H2,1H3/b8-7+,10-9-. The van der Waals surface area contributed by atoms with Crippen molar-refractivity contribution >= 4 is 16.8 Å². The van der Waals surface area contributed by atoms with Gasteiger partial charge in [0.1, 0.15) is 0 Å². The Hall–Kier alpha value is -0.560. The fraction of sp³-hybridized carbons (Fsp3) is 0.722. The molecule has 0 spiro atoms. The lowest BCUT2D eigenvalue weighted by atomic mass is 10.1. The van der Waals surface area contributed by atoms with E-state index in [1.54, 1.807) is 0 Å². The first-order valence-corrected chi connectivity index (χ1v) is 8.65. The second kappa shape index (κ2) is 16.5. The fourth-order valence-corrected chi connectivity index (χ4v) is 2.23. The van der Waals surface area contributed by atoms with Gasteiger partial charge in [0, 0.05) is 6.42 Å². The van der Waals surface area contributed by atoms with Crippen LogP contribution >= 0.6 is 11.6 Å². The highest BCUT2D eigenvalue weighted by Gasteiger charge is 1.95. The van der Waals surface area contributed by atoms with Crippen molar-refractivity contribution < 1.29 is 4.79 Å². The van der Waals surface area contributed by atoms with Crippen LogP contribution in [-0.2, 0) is 4.79 Å². The Kier molecular flexibility index (Phi) is 16.0. The van der Waals surface area contributed by atoms with Gasteiger partial charge in [-0.3, -0.25) is 4.79 Å². The number of carbonyl (C=O) groups excluding carboxylic acids is 1. The maximum absolute atomic E-state index is 10.5. The van der Waals surface area contributed by atoms with Crippen LogP contribution in [0.15, 0.2) is 24.3 Å². The molecule has 0 radical (unpaired) electrons. The fourth-order valence-electron chi connectivity index (χ4n) is 2.10. The SMILES string of the molecule is CCCCCC/C=C/C=C\CCCCCCCC(=O)Cl. The van der Waals surface area contributed by atoms with Crippen molar-refractivity contribution in [3.05, 3.63) is 24.3 Å². The number of rotatable bonds is 14. The highest BCUT2D eigenvalue weighted by atomic mass is 35.5. The molecule has 1 nitrogen and oxygen atoms in total. The molecule has 0 rings (SSSR count). The molecule has 2 heteroatoms. The summed E-state index contributed by atoms with van der Waals surface area (Å²) in [5.41, 5.74) is 0. The van der Waals surface area contributed by atoms with E-state index in [4.69, 9.17) is 11.6 Å². The average Bonchev–Trinajstić information content (AvgIpc) is 2.43. The van der Waals surface area contributed by atoms with Crippen LogP contribution in [0.4, 0.5) is 0 Å². The summed E-state index contributed by atoms with van der Waals surface area (Å²) in [5.74, 6) is 0. The first-order valence-electron chi connectivity index (χ1n) is 8.27. The largest absolute Gasteiger partial charge is 0.281 e. The molecule has 116 valence electrons. The van der Waals surface area contributed by atoms with Crippen molar-refractivity contribution in [2.45, 2.75) is 84.0 Å². The van der Waals surface area contributed by atoms with Gasteiger partial charge < -0.3 is 0 Å². The Labute approximate surface area is 130 Å². The average molecular weight is 299 g/mol. The second-order valence-corrected chi connectivity index (χ2v) is 5.79. The van der Waals surface area contributed by atoms with Gasteiger partial charge in [0.05, 0.1) is 0 Å². The van der Waals surface area contributed by atoms with E-state index in [0.29, 0.717) is 6.42 Å². The molecule has 20 heavy (non-hydrogen) atoms. The van der Waals surface area contributed by atoms with E-state index in [2.05, 4.69) is 31.2 Å². The summed E-state index contributed by atoms with van der Waals surface area (Å²) in [4.78, 5) is 10.5. The molecule has 0 amide bonds. The van der Waals surface area contributed by atoms with E-state index < -0.39 is 0 Å². The predicted molar refractivity (Wildman–Crippen MR) is 90.2 cm³/mol. The number of hydrogen-bond donors (Lipinski definition) is 0. The minimum atomic E-state index is -0.200. The van der Waals surface area contributed by atoms with Crippen LogP contribution in [0, 0.1) is 0 Å². The lowest BCUT2D eigenvalue weighted by molar-refractivity contribution is -0.111. The maximum Gasteiger partial charge on any atom is 0.221 e. The Morgan fingerprint density at radius 1 is 0.800 bits per heavy atom. The highest BCUT2D eigenvalue weighted by Crippen LogP contribution is 2.08. The summed E-state index contributed by atoms with van der Waals surface area (Å²) in [6.07, 6.45) is 22.9. The molecular weight excluding hydrogens is 268 g/mol. The normalized spacial score (nSPS) is 11.7. The Bertz CT molecular complexity index is 269. The molecule has 0 saturated heterocycles. The second-order valence-electron chi connectivity index (χ2n) is 5.37. The van der Waals surface area contributed by atoms with Gasteiger partial charge in [-0.15, -0.1) is 0 Å². The van der Waals surface area contributed by atoms with Crippen molar-refractivity contribution in [2.24, 2.45) is 0 Å². The molecule has 0 N–H and O–H groups in total. The lowest BCUT2D eigenvalue weighted by Gasteiger charge is -1.97. The monoisotopic (exact) mass is 298 g/mol. The number of hydrogen-bond acceptors (Lipinski definition) is 1. The molecule has 0 aliphatic rings. The molecule has 0 aromatic heterocycles. The molecule has 0 unspecified atom stereocenters. The van der Waals surface area contributed by atoms with E-state index >= 15 is 0 Å². The molecule has 0 saturated carbocycles. The van der Waals surface area contributed by atoms with E-state index in [0.717, 1.165) is 19.3 Å². The molecule has 0 aliphatic carbocycles. The zero-order chi connectivity index (χ0) is 14.9. The molecule has 0 bridgehead atoms. The number of carbonyl (C=O) groups is 1. The topological polar surface area (TPSA) is 17.1 Å². The van der Waals surface area contributed by atoms with Crippen LogP contribution in [0.5, 0.6) is 0 Å². The summed E-state index contributed by atoms with van der Waals surface area (Å²) < 4.78 is 0. The zero-order valence-electron chi connectivity index (χ0n) is 13.1. The molecule has 0 heterocycles. The summed E-state index contributed by atoms with van der Waals surface area (Å²) in [7, 11) is 0. The Morgan fingerprint density at radius 2 is 1.30 bits per heavy atom. The molecule has 0 fully saturated rings. The van der Waals surface area contributed by atoms with Crippen molar-refractivity contribution in [3.8, 4) is 0 Å². The van der Waals surface area contributed by atoms with Crippen LogP contribution in [-0.4, -0.2) is 5.24 Å². The van der Waals surface area contributed by atoms with Gasteiger partial charge in [0.15, 0.2) is 0 Å². The van der Waals surface area contributed by atoms with Crippen LogP contribution in [0.25, 0.3) is 0 Å². The van der Waals surface area contributed by atoms with Crippen LogP contribution in [0.2, 0.25) is 0 Å². The smallest absolute Gasteiger partial charge is 0.221 e. The first-order chi connectivity index (χ1) is 9.77. The van der Waals surface area contributed by atoms with E-state index in [1.165, 1.54) is 51.4 Å². The van der Waals surface area contributed by atoms with Gasteiger partial charge in [0.2, 0.25) is 5.24 Å². The molecule has 0 aromatic rings. The zero-order valence-corrected chi connectivity index (χ0v) is 13.8. The maximum atomic E-state index is 10.5. The van der Waals surface area contributed by atoms with Gasteiger partial charge in [-0.1, -0.05) is 69.8 Å². The Balaban J connectivity index is 3.19. The highest BCUT2D eigenvalue weighted by molar-refractivity contribution is 6.63. The van der Waals surface area contributed by atoms with Gasteiger partial charge in [0.25, 0.3) is 0 Å². The van der Waals surface area contributed by atoms with Crippen LogP contribution in [0.1, 0.15) is 84.0 Å². The van der Waals surface area contributed by atoms with E-state index in [9.17, 15) is 4.79 Å². The predicted octanol–water partition coefficient (Wildman–Crippen LogP) is 6.57. The molecular formula is C18H31ClO. The lowest BCUT2D eigenvalue weighted by Crippen LogP contribution is -1.86. The number of allylic oxidation sites excluding steroid dienone is 4. The number of unbranched alkanes of at least 4 members (excludes halogenated alkanes) is 9. The molecule has 0 atom stereocenters. The van der Waals surface area contributed by atoms with Crippen molar-refractivity contribution in [1.82, 2.24) is 0 Å². The van der Waals surface area contributed by atoms with Crippen molar-refractivity contribution in [1.29, 1.82) is 0 Å². The third kappa shape index (κ3) is 17.4. The number of halogens is 1. The molecule has 0 aliphatic heterocycles. The minimum absolute atomic E-state index is 0.200. The van der Waals surface area contributed by atoms with Gasteiger partial charge in [-0.05, 0) is 43.7 Å². The van der Waals surface area contributed by atoms with E-state index in [-0.39, 0.29) is 5.24 Å². The first kappa shape index (κ1) is 19.4. The summed E-state index contributed by atoms with van der Waals surface area (Å²) in [6, 6.07) is 0. The summed E-state index contributed by atoms with van der Waals surface area (Å²) >= 11 is 5.28.